The molecular formula is C48H33NS. The van der Waals surface area contributed by atoms with E-state index in [2.05, 4.69) is 187 Å². The first-order valence-corrected chi connectivity index (χ1v) is 18.2. The number of fused-ring (bicyclic) bond motifs is 8. The molecule has 0 radical (unpaired) electrons. The molecule has 1 aliphatic heterocycles. The van der Waals surface area contributed by atoms with Crippen molar-refractivity contribution in [1.29, 1.82) is 0 Å². The van der Waals surface area contributed by atoms with Gasteiger partial charge in [-0.1, -0.05) is 151 Å². The predicted molar refractivity (Wildman–Crippen MR) is 215 cm³/mol. The number of nitrogens with zero attached hydrogens (tertiary/aromatic N) is 1. The topological polar surface area (TPSA) is 3.24 Å². The van der Waals surface area contributed by atoms with Crippen LogP contribution in [-0.2, 0) is 0 Å². The first kappa shape index (κ1) is 29.1. The van der Waals surface area contributed by atoms with Crippen molar-refractivity contribution >= 4 is 61.1 Å². The number of anilines is 3. The number of allylic oxidation sites excluding steroid dienone is 4. The fraction of sp³-hybridized carbons (Fsp3) is 0.0417. The van der Waals surface area contributed by atoms with Gasteiger partial charge in [-0.25, -0.2) is 0 Å². The van der Waals surface area contributed by atoms with Gasteiger partial charge >= 0.3 is 0 Å². The van der Waals surface area contributed by atoms with Crippen LogP contribution in [0.25, 0.3) is 54.6 Å². The fourth-order valence-corrected chi connectivity index (χ4v) is 9.23. The molecule has 0 fully saturated rings. The number of hydrogen-bond acceptors (Lipinski definition) is 2. The molecule has 236 valence electrons. The standard InChI is InChI=1S/C48H33NS/c1-2-9-32(10-3-1)33-17-24-37(25-18-33)49(39-28-21-36-23-29-42-40-12-5-4-11-34(40)22-30-43(42)45(36)31-39)38-26-19-35(20-27-38)41-14-8-16-47-48(41)44-13-6-7-15-46(44)50-47/h1-12,14-31,44H,13H2. The molecule has 50 heavy (non-hydrogen) atoms. The van der Waals surface area contributed by atoms with E-state index in [1.165, 1.54) is 69.9 Å². The van der Waals surface area contributed by atoms with Crippen LogP contribution in [0.5, 0.6) is 0 Å². The largest absolute Gasteiger partial charge is 0.310 e. The molecule has 8 aromatic carbocycles. The lowest BCUT2D eigenvalue weighted by molar-refractivity contribution is 0.840. The molecule has 2 aliphatic rings. The summed E-state index contributed by atoms with van der Waals surface area (Å²) in [6, 6.07) is 60.3. The molecule has 10 rings (SSSR count). The minimum atomic E-state index is 0.458. The lowest BCUT2D eigenvalue weighted by atomic mass is 9.86. The van der Waals surface area contributed by atoms with Crippen molar-refractivity contribution in [2.24, 2.45) is 0 Å². The van der Waals surface area contributed by atoms with E-state index < -0.39 is 0 Å². The Morgan fingerprint density at radius 3 is 1.92 bits per heavy atom. The van der Waals surface area contributed by atoms with Crippen LogP contribution in [0.3, 0.4) is 0 Å². The predicted octanol–water partition coefficient (Wildman–Crippen LogP) is 14.0. The van der Waals surface area contributed by atoms with Crippen LogP contribution in [0, 0.1) is 0 Å². The van der Waals surface area contributed by atoms with Gasteiger partial charge in [-0.2, -0.15) is 0 Å². The van der Waals surface area contributed by atoms with E-state index in [4.69, 9.17) is 0 Å². The Kier molecular flexibility index (Phi) is 6.96. The third-order valence-electron chi connectivity index (χ3n) is 10.4. The molecule has 0 bridgehead atoms. The summed E-state index contributed by atoms with van der Waals surface area (Å²) < 4.78 is 0. The van der Waals surface area contributed by atoms with Crippen molar-refractivity contribution in [2.75, 3.05) is 4.90 Å². The van der Waals surface area contributed by atoms with E-state index in [0.717, 1.165) is 23.5 Å². The zero-order valence-corrected chi connectivity index (χ0v) is 28.3. The Labute approximate surface area is 296 Å². The third-order valence-corrected chi connectivity index (χ3v) is 11.6. The molecule has 1 heterocycles. The molecule has 0 spiro atoms. The van der Waals surface area contributed by atoms with Crippen LogP contribution in [-0.4, -0.2) is 0 Å². The fourth-order valence-electron chi connectivity index (χ4n) is 7.96. The lowest BCUT2D eigenvalue weighted by Crippen LogP contribution is -2.10. The summed E-state index contributed by atoms with van der Waals surface area (Å²) in [6.07, 6.45) is 7.87. The number of rotatable bonds is 5. The molecule has 1 atom stereocenters. The third kappa shape index (κ3) is 4.87. The van der Waals surface area contributed by atoms with Crippen LogP contribution >= 0.6 is 11.8 Å². The molecule has 1 unspecified atom stereocenters. The van der Waals surface area contributed by atoms with Crippen LogP contribution in [0.1, 0.15) is 17.9 Å². The maximum Gasteiger partial charge on any atom is 0.0468 e. The summed E-state index contributed by atoms with van der Waals surface area (Å²) in [5.41, 5.74) is 9.91. The average Bonchev–Trinajstić information content (AvgIpc) is 3.58. The van der Waals surface area contributed by atoms with Gasteiger partial charge in [0.05, 0.1) is 0 Å². The number of benzene rings is 8. The van der Waals surface area contributed by atoms with Gasteiger partial charge in [0, 0.05) is 27.9 Å². The molecule has 2 heteroatoms. The van der Waals surface area contributed by atoms with Gasteiger partial charge in [0.15, 0.2) is 0 Å². The van der Waals surface area contributed by atoms with Gasteiger partial charge in [0.2, 0.25) is 0 Å². The Bertz CT molecular complexity index is 2630. The van der Waals surface area contributed by atoms with Crippen LogP contribution in [0.2, 0.25) is 0 Å². The normalized spacial score (nSPS) is 14.9. The summed E-state index contributed by atoms with van der Waals surface area (Å²) in [7, 11) is 0. The maximum atomic E-state index is 2.40. The Morgan fingerprint density at radius 1 is 0.480 bits per heavy atom. The maximum absolute atomic E-state index is 2.40. The van der Waals surface area contributed by atoms with Gasteiger partial charge < -0.3 is 4.90 Å². The SMILES string of the molecule is C1=CCC2C(=C1)Sc1cccc(-c3ccc(N(c4ccc(-c5ccccc5)cc4)c4ccc5ccc6c7ccccc7ccc6c5c4)cc3)c12. The van der Waals surface area contributed by atoms with Crippen molar-refractivity contribution in [1.82, 2.24) is 0 Å². The van der Waals surface area contributed by atoms with Gasteiger partial charge in [-0.15, -0.1) is 0 Å². The lowest BCUT2D eigenvalue weighted by Gasteiger charge is -2.27. The zero-order chi connectivity index (χ0) is 33.0. The molecule has 0 aromatic heterocycles. The van der Waals surface area contributed by atoms with E-state index in [-0.39, 0.29) is 0 Å². The van der Waals surface area contributed by atoms with Crippen molar-refractivity contribution in [3.63, 3.8) is 0 Å². The van der Waals surface area contributed by atoms with Crippen LogP contribution in [0.4, 0.5) is 17.1 Å². The molecular weight excluding hydrogens is 623 g/mol. The van der Waals surface area contributed by atoms with E-state index in [1.807, 2.05) is 11.8 Å². The highest BCUT2D eigenvalue weighted by molar-refractivity contribution is 8.03. The Morgan fingerprint density at radius 2 is 1.12 bits per heavy atom. The molecule has 1 aliphatic carbocycles. The monoisotopic (exact) mass is 655 g/mol. The smallest absolute Gasteiger partial charge is 0.0468 e. The van der Waals surface area contributed by atoms with Crippen molar-refractivity contribution in [2.45, 2.75) is 17.2 Å². The summed E-state index contributed by atoms with van der Waals surface area (Å²) >= 11 is 1.93. The van der Waals surface area contributed by atoms with Gasteiger partial charge in [-0.05, 0) is 114 Å². The highest BCUT2D eigenvalue weighted by atomic mass is 32.2. The van der Waals surface area contributed by atoms with E-state index in [1.54, 1.807) is 0 Å². The average molecular weight is 656 g/mol. The summed E-state index contributed by atoms with van der Waals surface area (Å²) in [5.74, 6) is 0.458. The van der Waals surface area contributed by atoms with Crippen molar-refractivity contribution in [3.05, 3.63) is 192 Å². The number of thioether (sulfide) groups is 1. The molecule has 0 saturated heterocycles. The van der Waals surface area contributed by atoms with Gasteiger partial charge in [0.1, 0.15) is 0 Å². The first-order valence-electron chi connectivity index (χ1n) is 17.4. The van der Waals surface area contributed by atoms with E-state index in [9.17, 15) is 0 Å². The Hall–Kier alpha value is -5.83. The summed E-state index contributed by atoms with van der Waals surface area (Å²) in [5, 5.41) is 7.63. The quantitative estimate of drug-likeness (QED) is 0.170. The molecule has 0 N–H and O–H groups in total. The first-order chi connectivity index (χ1) is 24.8. The highest BCUT2D eigenvalue weighted by Gasteiger charge is 2.31. The summed E-state index contributed by atoms with van der Waals surface area (Å²) in [4.78, 5) is 5.26. The second-order valence-electron chi connectivity index (χ2n) is 13.3. The van der Waals surface area contributed by atoms with Gasteiger partial charge in [-0.3, -0.25) is 0 Å². The molecule has 0 saturated carbocycles. The molecule has 1 nitrogen and oxygen atoms in total. The van der Waals surface area contributed by atoms with Crippen molar-refractivity contribution in [3.8, 4) is 22.3 Å². The molecule has 8 aromatic rings. The minimum absolute atomic E-state index is 0.458. The van der Waals surface area contributed by atoms with Crippen molar-refractivity contribution < 1.29 is 0 Å². The second-order valence-corrected chi connectivity index (χ2v) is 14.4. The van der Waals surface area contributed by atoms with Crippen LogP contribution in [0.15, 0.2) is 192 Å². The Balaban J connectivity index is 1.11. The highest BCUT2D eigenvalue weighted by Crippen LogP contribution is 2.54. The summed E-state index contributed by atoms with van der Waals surface area (Å²) in [6.45, 7) is 0. The number of hydrogen-bond donors (Lipinski definition) is 0. The van der Waals surface area contributed by atoms with Crippen LogP contribution < -0.4 is 4.90 Å². The van der Waals surface area contributed by atoms with E-state index >= 15 is 0 Å². The second kappa shape index (κ2) is 11.9. The minimum Gasteiger partial charge on any atom is -0.310 e. The molecule has 0 amide bonds. The van der Waals surface area contributed by atoms with E-state index in [0.29, 0.717) is 5.92 Å². The van der Waals surface area contributed by atoms with Gasteiger partial charge in [0.25, 0.3) is 0 Å². The zero-order valence-electron chi connectivity index (χ0n) is 27.5.